The van der Waals surface area contributed by atoms with Gasteiger partial charge >= 0.3 is 0 Å². The zero-order chi connectivity index (χ0) is 9.14. The van der Waals surface area contributed by atoms with Crippen LogP contribution in [0.1, 0.15) is 28.5 Å². The first kappa shape index (κ1) is 9.71. The van der Waals surface area contributed by atoms with Crippen molar-refractivity contribution in [2.45, 2.75) is 26.4 Å². The van der Waals surface area contributed by atoms with Crippen LogP contribution in [-0.4, -0.2) is 11.7 Å². The van der Waals surface area contributed by atoms with Crippen LogP contribution >= 0.6 is 11.3 Å². The van der Waals surface area contributed by atoms with E-state index in [1.807, 2.05) is 6.92 Å². The van der Waals surface area contributed by atoms with Crippen LogP contribution in [0.25, 0.3) is 0 Å². The smallest absolute Gasteiger partial charge is 0.0896 e. The largest absolute Gasteiger partial charge is 0.388 e. The first-order chi connectivity index (χ1) is 5.66. The molecule has 3 heteroatoms. The molecule has 0 spiro atoms. The van der Waals surface area contributed by atoms with Crippen molar-refractivity contribution in [2.24, 2.45) is 5.73 Å². The van der Waals surface area contributed by atoms with Crippen molar-refractivity contribution >= 4 is 11.3 Å². The second-order valence-corrected chi connectivity index (χ2v) is 3.91. The number of aryl methyl sites for hydroxylation is 1. The summed E-state index contributed by atoms with van der Waals surface area (Å²) in [7, 11) is 0. The molecule has 2 nitrogen and oxygen atoms in total. The molecule has 68 valence electrons. The van der Waals surface area contributed by atoms with Gasteiger partial charge in [-0.3, -0.25) is 0 Å². The van der Waals surface area contributed by atoms with Gasteiger partial charge in [-0.05, 0) is 43.3 Å². The van der Waals surface area contributed by atoms with Crippen LogP contribution in [0.4, 0.5) is 0 Å². The van der Waals surface area contributed by atoms with Crippen LogP contribution in [0, 0.1) is 13.8 Å². The highest BCUT2D eigenvalue weighted by Gasteiger charge is 2.12. The van der Waals surface area contributed by atoms with Crippen LogP contribution in [0.5, 0.6) is 0 Å². The van der Waals surface area contributed by atoms with E-state index in [2.05, 4.69) is 12.3 Å². The molecule has 1 aromatic rings. The molecule has 0 aliphatic heterocycles. The van der Waals surface area contributed by atoms with E-state index in [-0.39, 0.29) is 6.10 Å². The van der Waals surface area contributed by atoms with Crippen LogP contribution in [0.2, 0.25) is 0 Å². The average molecular weight is 185 g/mol. The van der Waals surface area contributed by atoms with Crippen LogP contribution < -0.4 is 5.73 Å². The third-order valence-electron chi connectivity index (χ3n) is 2.07. The van der Waals surface area contributed by atoms with Crippen molar-refractivity contribution in [1.82, 2.24) is 0 Å². The summed E-state index contributed by atoms with van der Waals surface area (Å²) in [4.78, 5) is 1.07. The Hall–Kier alpha value is -0.380. The standard InChI is InChI=1S/C9H15NOS/c1-6-5-12-9(7(6)2)8(11)3-4-10/h5,8,11H,3-4,10H2,1-2H3. The van der Waals surface area contributed by atoms with Gasteiger partial charge in [0.25, 0.3) is 0 Å². The SMILES string of the molecule is Cc1csc(C(O)CCN)c1C. The van der Waals surface area contributed by atoms with Crippen LogP contribution in [0.15, 0.2) is 5.38 Å². The van der Waals surface area contributed by atoms with Gasteiger partial charge in [-0.1, -0.05) is 0 Å². The maximum Gasteiger partial charge on any atom is 0.0896 e. The van der Waals surface area contributed by atoms with E-state index in [0.717, 1.165) is 4.88 Å². The Morgan fingerprint density at radius 2 is 2.25 bits per heavy atom. The molecule has 0 aromatic carbocycles. The van der Waals surface area contributed by atoms with Gasteiger partial charge in [0.05, 0.1) is 6.10 Å². The summed E-state index contributed by atoms with van der Waals surface area (Å²) in [5, 5.41) is 11.7. The lowest BCUT2D eigenvalue weighted by molar-refractivity contribution is 0.173. The highest BCUT2D eigenvalue weighted by Crippen LogP contribution is 2.28. The van der Waals surface area contributed by atoms with Crippen molar-refractivity contribution < 1.29 is 5.11 Å². The van der Waals surface area contributed by atoms with Crippen LogP contribution in [0.3, 0.4) is 0 Å². The number of nitrogens with two attached hydrogens (primary N) is 1. The molecule has 1 atom stereocenters. The van der Waals surface area contributed by atoms with E-state index in [0.29, 0.717) is 13.0 Å². The van der Waals surface area contributed by atoms with Gasteiger partial charge in [-0.15, -0.1) is 11.3 Å². The van der Waals surface area contributed by atoms with Crippen molar-refractivity contribution in [3.8, 4) is 0 Å². The lowest BCUT2D eigenvalue weighted by atomic mass is 10.1. The molecule has 1 rings (SSSR count). The Morgan fingerprint density at radius 1 is 1.58 bits per heavy atom. The zero-order valence-electron chi connectivity index (χ0n) is 7.50. The molecule has 12 heavy (non-hydrogen) atoms. The highest BCUT2D eigenvalue weighted by atomic mass is 32.1. The van der Waals surface area contributed by atoms with E-state index in [1.54, 1.807) is 11.3 Å². The zero-order valence-corrected chi connectivity index (χ0v) is 8.32. The van der Waals surface area contributed by atoms with E-state index < -0.39 is 0 Å². The molecule has 1 heterocycles. The Labute approximate surface area is 77.0 Å². The van der Waals surface area contributed by atoms with Gasteiger partial charge < -0.3 is 10.8 Å². The summed E-state index contributed by atoms with van der Waals surface area (Å²) in [5.74, 6) is 0. The molecule has 3 N–H and O–H groups in total. The van der Waals surface area contributed by atoms with Crippen molar-refractivity contribution in [3.05, 3.63) is 21.4 Å². The normalized spacial score (nSPS) is 13.3. The number of aliphatic hydroxyl groups is 1. The third-order valence-corrected chi connectivity index (χ3v) is 3.37. The summed E-state index contributed by atoms with van der Waals surface area (Å²) in [6.45, 7) is 4.64. The first-order valence-corrected chi connectivity index (χ1v) is 4.97. The van der Waals surface area contributed by atoms with Crippen molar-refractivity contribution in [3.63, 3.8) is 0 Å². The lowest BCUT2D eigenvalue weighted by Crippen LogP contribution is -2.06. The number of thiophene rings is 1. The molecule has 0 amide bonds. The predicted octanol–water partition coefficient (Wildman–Crippen LogP) is 1.75. The Morgan fingerprint density at radius 3 is 2.67 bits per heavy atom. The number of aliphatic hydroxyl groups excluding tert-OH is 1. The minimum Gasteiger partial charge on any atom is -0.388 e. The lowest BCUT2D eigenvalue weighted by Gasteiger charge is -2.07. The quantitative estimate of drug-likeness (QED) is 0.753. The maximum atomic E-state index is 9.65. The highest BCUT2D eigenvalue weighted by molar-refractivity contribution is 7.10. The van der Waals surface area contributed by atoms with E-state index in [1.165, 1.54) is 11.1 Å². The second kappa shape index (κ2) is 4.03. The summed E-state index contributed by atoms with van der Waals surface area (Å²) in [5.41, 5.74) is 7.83. The second-order valence-electron chi connectivity index (χ2n) is 3.00. The molecule has 0 saturated heterocycles. The minimum absolute atomic E-state index is 0.367. The molecule has 0 radical (unpaired) electrons. The Balaban J connectivity index is 2.80. The predicted molar refractivity (Wildman–Crippen MR) is 52.4 cm³/mol. The fraction of sp³-hybridized carbons (Fsp3) is 0.556. The molecule has 1 aromatic heterocycles. The van der Waals surface area contributed by atoms with Gasteiger partial charge in [0, 0.05) is 4.88 Å². The molecular weight excluding hydrogens is 170 g/mol. The van der Waals surface area contributed by atoms with E-state index >= 15 is 0 Å². The third kappa shape index (κ3) is 1.86. The Kier molecular flexibility index (Phi) is 3.26. The number of hydrogen-bond donors (Lipinski definition) is 2. The van der Waals surface area contributed by atoms with Crippen molar-refractivity contribution in [2.75, 3.05) is 6.54 Å². The fourth-order valence-corrected chi connectivity index (χ4v) is 2.23. The Bertz CT molecular complexity index is 257. The number of rotatable bonds is 3. The van der Waals surface area contributed by atoms with Gasteiger partial charge in [-0.2, -0.15) is 0 Å². The first-order valence-electron chi connectivity index (χ1n) is 4.09. The molecular formula is C9H15NOS. The number of hydrogen-bond acceptors (Lipinski definition) is 3. The monoisotopic (exact) mass is 185 g/mol. The summed E-state index contributed by atoms with van der Waals surface area (Å²) in [6, 6.07) is 0. The fourth-order valence-electron chi connectivity index (χ4n) is 1.14. The van der Waals surface area contributed by atoms with E-state index in [9.17, 15) is 5.11 Å². The van der Waals surface area contributed by atoms with Crippen LogP contribution in [-0.2, 0) is 0 Å². The molecule has 0 aliphatic rings. The van der Waals surface area contributed by atoms with Gasteiger partial charge in [0.15, 0.2) is 0 Å². The van der Waals surface area contributed by atoms with E-state index in [4.69, 9.17) is 5.73 Å². The maximum absolute atomic E-state index is 9.65. The van der Waals surface area contributed by atoms with Gasteiger partial charge in [0.1, 0.15) is 0 Å². The molecule has 0 fully saturated rings. The summed E-state index contributed by atoms with van der Waals surface area (Å²) >= 11 is 1.62. The van der Waals surface area contributed by atoms with Gasteiger partial charge in [-0.25, -0.2) is 0 Å². The van der Waals surface area contributed by atoms with Gasteiger partial charge in [0.2, 0.25) is 0 Å². The van der Waals surface area contributed by atoms with Crippen molar-refractivity contribution in [1.29, 1.82) is 0 Å². The average Bonchev–Trinajstić information content (AvgIpc) is 2.34. The summed E-state index contributed by atoms with van der Waals surface area (Å²) in [6.07, 6.45) is 0.287. The summed E-state index contributed by atoms with van der Waals surface area (Å²) < 4.78 is 0. The molecule has 0 aliphatic carbocycles. The molecule has 1 unspecified atom stereocenters. The minimum atomic E-state index is -0.367. The molecule has 0 saturated carbocycles. The molecule has 0 bridgehead atoms. The topological polar surface area (TPSA) is 46.2 Å².